The number of hydrogen-bond acceptors (Lipinski definition) is 3. The van der Waals surface area contributed by atoms with Gasteiger partial charge in [0.1, 0.15) is 0 Å². The highest BCUT2D eigenvalue weighted by Crippen LogP contribution is 2.29. The van der Waals surface area contributed by atoms with Gasteiger partial charge in [0.2, 0.25) is 5.91 Å². The third kappa shape index (κ3) is 4.53. The molecule has 2 aliphatic rings. The maximum Gasteiger partial charge on any atom is 0.317 e. The molecule has 0 unspecified atom stereocenters. The summed E-state index contributed by atoms with van der Waals surface area (Å²) in [5.41, 5.74) is 0. The highest BCUT2D eigenvalue weighted by molar-refractivity contribution is 7.98. The van der Waals surface area contributed by atoms with Crippen LogP contribution in [0.1, 0.15) is 39.5 Å². The largest absolute Gasteiger partial charge is 0.338 e. The number of carbonyl (C=O) groups is 2. The molecule has 1 heterocycles. The van der Waals surface area contributed by atoms with Crippen molar-refractivity contribution in [3.05, 3.63) is 0 Å². The van der Waals surface area contributed by atoms with Crippen LogP contribution in [0.4, 0.5) is 4.79 Å². The topological polar surface area (TPSA) is 52.7 Å². The molecule has 21 heavy (non-hydrogen) atoms. The van der Waals surface area contributed by atoms with Crippen LogP contribution in [-0.2, 0) is 4.79 Å². The SMILES string of the molecule is CSC[C@@H](C)NC(=O)N1CCC[C@@H]1CN(C(C)=O)C1CC1. The van der Waals surface area contributed by atoms with E-state index < -0.39 is 0 Å². The summed E-state index contributed by atoms with van der Waals surface area (Å²) in [4.78, 5) is 28.0. The fourth-order valence-electron chi connectivity index (χ4n) is 3.03. The van der Waals surface area contributed by atoms with Crippen molar-refractivity contribution in [1.82, 2.24) is 15.1 Å². The van der Waals surface area contributed by atoms with Crippen molar-refractivity contribution in [3.63, 3.8) is 0 Å². The highest BCUT2D eigenvalue weighted by atomic mass is 32.2. The average molecular weight is 313 g/mol. The Hall–Kier alpha value is -0.910. The monoisotopic (exact) mass is 313 g/mol. The van der Waals surface area contributed by atoms with E-state index in [4.69, 9.17) is 0 Å². The van der Waals surface area contributed by atoms with E-state index in [1.54, 1.807) is 18.7 Å². The molecule has 1 N–H and O–H groups in total. The molecule has 0 aromatic carbocycles. The van der Waals surface area contributed by atoms with Crippen LogP contribution in [-0.4, -0.2) is 65.0 Å². The summed E-state index contributed by atoms with van der Waals surface area (Å²) in [5.74, 6) is 1.06. The van der Waals surface area contributed by atoms with Crippen molar-refractivity contribution in [1.29, 1.82) is 0 Å². The molecule has 3 amide bonds. The van der Waals surface area contributed by atoms with Crippen LogP contribution in [0.3, 0.4) is 0 Å². The molecule has 0 aromatic heterocycles. The molecular formula is C15H27N3O2S. The van der Waals surface area contributed by atoms with Crippen LogP contribution in [0.5, 0.6) is 0 Å². The van der Waals surface area contributed by atoms with E-state index in [0.29, 0.717) is 12.6 Å². The van der Waals surface area contributed by atoms with Gasteiger partial charge in [0.15, 0.2) is 0 Å². The maximum absolute atomic E-state index is 12.4. The molecule has 120 valence electrons. The lowest BCUT2D eigenvalue weighted by Gasteiger charge is -2.31. The van der Waals surface area contributed by atoms with Crippen molar-refractivity contribution in [2.45, 2.75) is 57.7 Å². The summed E-state index contributed by atoms with van der Waals surface area (Å²) in [5, 5.41) is 3.06. The van der Waals surface area contributed by atoms with Gasteiger partial charge in [0.05, 0.1) is 6.04 Å². The van der Waals surface area contributed by atoms with E-state index in [-0.39, 0.29) is 24.0 Å². The standard InChI is InChI=1S/C15H27N3O2S/c1-11(10-21-3)16-15(20)17-8-4-5-14(17)9-18(12(2)19)13-6-7-13/h11,13-14H,4-10H2,1-3H3,(H,16,20)/t11-,14-/m1/s1. The zero-order valence-electron chi connectivity index (χ0n) is 13.3. The third-order valence-corrected chi connectivity index (χ3v) is 5.06. The number of urea groups is 1. The number of amides is 3. The van der Waals surface area contributed by atoms with Crippen molar-refractivity contribution in [3.8, 4) is 0 Å². The van der Waals surface area contributed by atoms with Crippen LogP contribution < -0.4 is 5.32 Å². The lowest BCUT2D eigenvalue weighted by Crippen LogP contribution is -2.50. The van der Waals surface area contributed by atoms with Gasteiger partial charge >= 0.3 is 6.03 Å². The number of nitrogens with zero attached hydrogens (tertiary/aromatic N) is 2. The molecule has 0 aromatic rings. The van der Waals surface area contributed by atoms with E-state index >= 15 is 0 Å². The molecule has 1 saturated heterocycles. The summed E-state index contributed by atoms with van der Waals surface area (Å²) in [6.45, 7) is 5.17. The Morgan fingerprint density at radius 2 is 2.10 bits per heavy atom. The van der Waals surface area contributed by atoms with Crippen molar-refractivity contribution in [2.75, 3.05) is 25.1 Å². The Bertz CT molecular complexity index is 387. The lowest BCUT2D eigenvalue weighted by molar-refractivity contribution is -0.130. The predicted octanol–water partition coefficient (Wildman–Crippen LogP) is 1.92. The molecule has 1 aliphatic carbocycles. The lowest BCUT2D eigenvalue weighted by atomic mass is 10.2. The van der Waals surface area contributed by atoms with E-state index in [1.165, 1.54) is 0 Å². The molecule has 2 atom stereocenters. The Morgan fingerprint density at radius 3 is 2.67 bits per heavy atom. The summed E-state index contributed by atoms with van der Waals surface area (Å²) in [6.07, 6.45) is 6.31. The van der Waals surface area contributed by atoms with Gasteiger partial charge in [-0.3, -0.25) is 4.79 Å². The number of hydrogen-bond donors (Lipinski definition) is 1. The second-order valence-electron chi connectivity index (χ2n) is 6.20. The minimum Gasteiger partial charge on any atom is -0.338 e. The van der Waals surface area contributed by atoms with Gasteiger partial charge in [-0.25, -0.2) is 4.79 Å². The third-order valence-electron chi connectivity index (χ3n) is 4.22. The minimum atomic E-state index is 0.0262. The second kappa shape index (κ2) is 7.38. The molecule has 0 radical (unpaired) electrons. The molecule has 2 rings (SSSR count). The minimum absolute atomic E-state index is 0.0262. The highest BCUT2D eigenvalue weighted by Gasteiger charge is 2.36. The number of rotatable bonds is 6. The van der Waals surface area contributed by atoms with E-state index in [2.05, 4.69) is 5.32 Å². The van der Waals surface area contributed by atoms with Gasteiger partial charge in [0, 0.05) is 37.8 Å². The smallest absolute Gasteiger partial charge is 0.317 e. The fraction of sp³-hybridized carbons (Fsp3) is 0.867. The zero-order valence-corrected chi connectivity index (χ0v) is 14.1. The molecule has 2 fully saturated rings. The molecular weight excluding hydrogens is 286 g/mol. The van der Waals surface area contributed by atoms with Crippen LogP contribution in [0, 0.1) is 0 Å². The Balaban J connectivity index is 1.89. The number of nitrogens with one attached hydrogen (secondary N) is 1. The Labute approximate surface area is 131 Å². The summed E-state index contributed by atoms with van der Waals surface area (Å²) < 4.78 is 0. The first-order chi connectivity index (χ1) is 10.0. The van der Waals surface area contributed by atoms with Crippen molar-refractivity contribution < 1.29 is 9.59 Å². The first kappa shape index (κ1) is 16.5. The van der Waals surface area contributed by atoms with Gasteiger partial charge < -0.3 is 15.1 Å². The summed E-state index contributed by atoms with van der Waals surface area (Å²) >= 11 is 1.74. The van der Waals surface area contributed by atoms with Crippen LogP contribution in [0.2, 0.25) is 0 Å². The van der Waals surface area contributed by atoms with Crippen LogP contribution in [0.25, 0.3) is 0 Å². The van der Waals surface area contributed by atoms with E-state index in [9.17, 15) is 9.59 Å². The van der Waals surface area contributed by atoms with Crippen LogP contribution >= 0.6 is 11.8 Å². The Morgan fingerprint density at radius 1 is 1.38 bits per heavy atom. The summed E-state index contributed by atoms with van der Waals surface area (Å²) in [7, 11) is 0. The molecule has 0 spiro atoms. The van der Waals surface area contributed by atoms with Crippen molar-refractivity contribution >= 4 is 23.7 Å². The van der Waals surface area contributed by atoms with Crippen molar-refractivity contribution in [2.24, 2.45) is 0 Å². The molecule has 6 heteroatoms. The Kier molecular flexibility index (Phi) is 5.79. The predicted molar refractivity (Wildman–Crippen MR) is 86.5 cm³/mol. The summed E-state index contributed by atoms with van der Waals surface area (Å²) in [6, 6.07) is 0.804. The van der Waals surface area contributed by atoms with Gasteiger partial charge in [-0.2, -0.15) is 11.8 Å². The van der Waals surface area contributed by atoms with E-state index in [0.717, 1.165) is 38.0 Å². The number of carbonyl (C=O) groups excluding carboxylic acids is 2. The molecule has 1 aliphatic heterocycles. The number of likely N-dealkylation sites (tertiary alicyclic amines) is 1. The first-order valence-electron chi connectivity index (χ1n) is 7.86. The molecule has 1 saturated carbocycles. The van der Waals surface area contributed by atoms with Gasteiger partial charge in [-0.15, -0.1) is 0 Å². The van der Waals surface area contributed by atoms with Gasteiger partial charge in [0.25, 0.3) is 0 Å². The molecule has 5 nitrogen and oxygen atoms in total. The van der Waals surface area contributed by atoms with Crippen LogP contribution in [0.15, 0.2) is 0 Å². The van der Waals surface area contributed by atoms with Gasteiger partial charge in [-0.1, -0.05) is 0 Å². The molecule has 0 bridgehead atoms. The number of thioether (sulfide) groups is 1. The zero-order chi connectivity index (χ0) is 15.4. The van der Waals surface area contributed by atoms with Gasteiger partial charge in [-0.05, 0) is 38.9 Å². The maximum atomic E-state index is 12.4. The average Bonchev–Trinajstić information content (AvgIpc) is 3.13. The first-order valence-corrected chi connectivity index (χ1v) is 9.25. The van der Waals surface area contributed by atoms with E-state index in [1.807, 2.05) is 23.0 Å². The fourth-order valence-corrected chi connectivity index (χ4v) is 3.61. The normalized spacial score (nSPS) is 23.0. The quantitative estimate of drug-likeness (QED) is 0.815. The second-order valence-corrected chi connectivity index (χ2v) is 7.11.